The van der Waals surface area contributed by atoms with Gasteiger partial charge in [0.05, 0.1) is 19.8 Å². The number of ether oxygens (including phenoxy) is 2. The molecule has 0 aliphatic carbocycles. The summed E-state index contributed by atoms with van der Waals surface area (Å²) < 4.78 is 11.5. The molecule has 156 valence electrons. The van der Waals surface area contributed by atoms with E-state index in [9.17, 15) is 0 Å². The summed E-state index contributed by atoms with van der Waals surface area (Å²) in [6.45, 7) is 15.7. The zero-order valence-corrected chi connectivity index (χ0v) is 17.7. The molecule has 0 unspecified atom stereocenters. The molecule has 1 aromatic carbocycles. The summed E-state index contributed by atoms with van der Waals surface area (Å²) >= 11 is 0. The molecule has 6 heteroatoms. The van der Waals surface area contributed by atoms with Crippen LogP contribution in [0.3, 0.4) is 0 Å². The van der Waals surface area contributed by atoms with Crippen molar-refractivity contribution in [2.45, 2.75) is 33.7 Å². The molecule has 2 aliphatic rings. The van der Waals surface area contributed by atoms with Gasteiger partial charge in [-0.05, 0) is 24.8 Å². The predicted octanol–water partition coefficient (Wildman–Crippen LogP) is 2.60. The molecule has 2 aliphatic heterocycles. The number of benzene rings is 1. The van der Waals surface area contributed by atoms with Gasteiger partial charge < -0.3 is 19.7 Å². The molecule has 0 amide bonds. The summed E-state index contributed by atoms with van der Waals surface area (Å²) in [6.07, 6.45) is 1.21. The minimum atomic E-state index is 0.358. The number of aliphatic imine (C=N–C) groups is 1. The van der Waals surface area contributed by atoms with Gasteiger partial charge >= 0.3 is 0 Å². The molecular weight excluding hydrogens is 352 g/mol. The largest absolute Gasteiger partial charge is 0.492 e. The second-order valence-electron chi connectivity index (χ2n) is 8.42. The van der Waals surface area contributed by atoms with Crippen molar-refractivity contribution in [2.24, 2.45) is 10.4 Å². The predicted molar refractivity (Wildman–Crippen MR) is 114 cm³/mol. The number of likely N-dealkylation sites (tertiary alicyclic amines) is 1. The third kappa shape index (κ3) is 6.11. The zero-order valence-electron chi connectivity index (χ0n) is 17.7. The number of para-hydroxylation sites is 1. The van der Waals surface area contributed by atoms with Crippen molar-refractivity contribution in [3.05, 3.63) is 29.8 Å². The molecule has 3 rings (SSSR count). The monoisotopic (exact) mass is 388 g/mol. The van der Waals surface area contributed by atoms with Crippen LogP contribution in [0.2, 0.25) is 0 Å². The molecule has 0 spiro atoms. The van der Waals surface area contributed by atoms with E-state index in [4.69, 9.17) is 14.5 Å². The maximum absolute atomic E-state index is 6.10. The van der Waals surface area contributed by atoms with Crippen molar-refractivity contribution in [3.8, 4) is 5.75 Å². The first kappa shape index (κ1) is 20.9. The highest BCUT2D eigenvalue weighted by molar-refractivity contribution is 5.80. The van der Waals surface area contributed by atoms with Gasteiger partial charge in [-0.2, -0.15) is 0 Å². The quantitative estimate of drug-likeness (QED) is 0.575. The van der Waals surface area contributed by atoms with Crippen LogP contribution in [-0.4, -0.2) is 74.8 Å². The lowest BCUT2D eigenvalue weighted by atomic mass is 9.93. The lowest BCUT2D eigenvalue weighted by molar-refractivity contribution is 0.0322. The fourth-order valence-corrected chi connectivity index (χ4v) is 3.76. The molecule has 1 aromatic rings. The number of hydrogen-bond acceptors (Lipinski definition) is 4. The van der Waals surface area contributed by atoms with E-state index in [2.05, 4.69) is 54.1 Å². The topological polar surface area (TPSA) is 49.3 Å². The fourth-order valence-electron chi connectivity index (χ4n) is 3.76. The van der Waals surface area contributed by atoms with Crippen LogP contribution in [-0.2, 0) is 11.3 Å². The number of rotatable bonds is 7. The van der Waals surface area contributed by atoms with Crippen molar-refractivity contribution in [2.75, 3.05) is 59.1 Å². The summed E-state index contributed by atoms with van der Waals surface area (Å²) in [5.41, 5.74) is 1.50. The maximum atomic E-state index is 6.10. The normalized spacial score (nSPS) is 20.4. The van der Waals surface area contributed by atoms with Crippen molar-refractivity contribution in [1.29, 1.82) is 0 Å². The van der Waals surface area contributed by atoms with Crippen LogP contribution in [0.1, 0.15) is 32.8 Å². The fraction of sp³-hybridized carbons (Fsp3) is 0.682. The van der Waals surface area contributed by atoms with Crippen LogP contribution in [0.15, 0.2) is 29.3 Å². The Hall–Kier alpha value is -1.79. The molecule has 6 nitrogen and oxygen atoms in total. The molecule has 2 fully saturated rings. The molecule has 28 heavy (non-hydrogen) atoms. The zero-order chi connectivity index (χ0) is 19.8. The number of hydrogen-bond donors (Lipinski definition) is 1. The molecule has 0 saturated carbocycles. The SMILES string of the molecule is CCNC(=NCc1ccccc1OCCN1CCOCC1)N1CCC(C)(C)C1. The average molecular weight is 389 g/mol. The van der Waals surface area contributed by atoms with E-state index in [-0.39, 0.29) is 0 Å². The molecule has 0 radical (unpaired) electrons. The van der Waals surface area contributed by atoms with Gasteiger partial charge in [-0.3, -0.25) is 4.90 Å². The van der Waals surface area contributed by atoms with Crippen molar-refractivity contribution >= 4 is 5.96 Å². The van der Waals surface area contributed by atoms with Crippen LogP contribution in [0.25, 0.3) is 0 Å². The molecule has 1 N–H and O–H groups in total. The molecule has 0 atom stereocenters. The van der Waals surface area contributed by atoms with Crippen LogP contribution >= 0.6 is 0 Å². The number of morpholine rings is 1. The minimum Gasteiger partial charge on any atom is -0.492 e. The summed E-state index contributed by atoms with van der Waals surface area (Å²) in [5.74, 6) is 1.95. The van der Waals surface area contributed by atoms with E-state index < -0.39 is 0 Å². The van der Waals surface area contributed by atoms with Gasteiger partial charge in [-0.15, -0.1) is 0 Å². The van der Waals surface area contributed by atoms with Crippen LogP contribution in [0.5, 0.6) is 5.75 Å². The van der Waals surface area contributed by atoms with Crippen molar-refractivity contribution in [3.63, 3.8) is 0 Å². The smallest absolute Gasteiger partial charge is 0.194 e. The molecule has 2 saturated heterocycles. The highest BCUT2D eigenvalue weighted by atomic mass is 16.5. The first-order valence-corrected chi connectivity index (χ1v) is 10.6. The van der Waals surface area contributed by atoms with E-state index in [0.717, 1.165) is 69.8 Å². The molecule has 2 heterocycles. The first-order valence-electron chi connectivity index (χ1n) is 10.6. The highest BCUT2D eigenvalue weighted by Crippen LogP contribution is 2.29. The second kappa shape index (κ2) is 10.1. The van der Waals surface area contributed by atoms with Gasteiger partial charge in [0, 0.05) is 44.8 Å². The Bertz CT molecular complexity index is 641. The standard InChI is InChI=1S/C22H36N4O2/c1-4-23-21(26-10-9-22(2,3)18-26)24-17-19-7-5-6-8-20(19)28-16-13-25-11-14-27-15-12-25/h5-8H,4,9-18H2,1-3H3,(H,23,24). The summed E-state index contributed by atoms with van der Waals surface area (Å²) in [6, 6.07) is 8.26. The Morgan fingerprint density at radius 2 is 2.00 bits per heavy atom. The van der Waals surface area contributed by atoms with Crippen LogP contribution < -0.4 is 10.1 Å². The first-order chi connectivity index (χ1) is 13.6. The van der Waals surface area contributed by atoms with Gasteiger partial charge in [0.1, 0.15) is 12.4 Å². The third-order valence-corrected chi connectivity index (χ3v) is 5.45. The van der Waals surface area contributed by atoms with E-state index in [1.54, 1.807) is 0 Å². The Morgan fingerprint density at radius 1 is 1.21 bits per heavy atom. The minimum absolute atomic E-state index is 0.358. The maximum Gasteiger partial charge on any atom is 0.194 e. The van der Waals surface area contributed by atoms with Crippen LogP contribution in [0, 0.1) is 5.41 Å². The summed E-state index contributed by atoms with van der Waals surface area (Å²) in [5, 5.41) is 3.45. The van der Waals surface area contributed by atoms with Crippen molar-refractivity contribution in [1.82, 2.24) is 15.1 Å². The Labute approximate surface area is 169 Å². The summed E-state index contributed by atoms with van der Waals surface area (Å²) in [4.78, 5) is 9.69. The van der Waals surface area contributed by atoms with Crippen molar-refractivity contribution < 1.29 is 9.47 Å². The van der Waals surface area contributed by atoms with Gasteiger partial charge in [0.2, 0.25) is 0 Å². The lowest BCUT2D eigenvalue weighted by Crippen LogP contribution is -2.40. The van der Waals surface area contributed by atoms with Crippen LogP contribution in [0.4, 0.5) is 0 Å². The van der Waals surface area contributed by atoms with E-state index in [1.807, 2.05) is 6.07 Å². The average Bonchev–Trinajstić information content (AvgIpc) is 3.06. The highest BCUT2D eigenvalue weighted by Gasteiger charge is 2.30. The van der Waals surface area contributed by atoms with Gasteiger partial charge in [-0.25, -0.2) is 4.99 Å². The lowest BCUT2D eigenvalue weighted by Gasteiger charge is -2.26. The van der Waals surface area contributed by atoms with Gasteiger partial charge in [0.15, 0.2) is 5.96 Å². The third-order valence-electron chi connectivity index (χ3n) is 5.45. The van der Waals surface area contributed by atoms with E-state index >= 15 is 0 Å². The van der Waals surface area contributed by atoms with Gasteiger partial charge in [0.25, 0.3) is 0 Å². The van der Waals surface area contributed by atoms with E-state index in [1.165, 1.54) is 6.42 Å². The Kier molecular flexibility index (Phi) is 7.57. The Balaban J connectivity index is 1.58. The second-order valence-corrected chi connectivity index (χ2v) is 8.42. The number of guanidine groups is 1. The van der Waals surface area contributed by atoms with E-state index in [0.29, 0.717) is 18.6 Å². The summed E-state index contributed by atoms with van der Waals surface area (Å²) in [7, 11) is 0. The number of nitrogens with one attached hydrogen (secondary N) is 1. The van der Waals surface area contributed by atoms with Gasteiger partial charge in [-0.1, -0.05) is 32.0 Å². The molecule has 0 bridgehead atoms. The molecular formula is C22H36N4O2. The Morgan fingerprint density at radius 3 is 2.71 bits per heavy atom. The number of nitrogens with zero attached hydrogens (tertiary/aromatic N) is 3. The molecule has 0 aromatic heterocycles.